The SMILES string of the molecule is CCC(C)(CC)Nc1ccc(C#N)c([N+](=O)[O-])c1. The zero-order chi connectivity index (χ0) is 13.8. The first-order valence-electron chi connectivity index (χ1n) is 5.92. The average molecular weight is 247 g/mol. The third kappa shape index (κ3) is 2.98. The van der Waals surface area contributed by atoms with E-state index < -0.39 is 4.92 Å². The number of hydrogen-bond donors (Lipinski definition) is 1. The molecule has 1 N–H and O–H groups in total. The lowest BCUT2D eigenvalue weighted by Gasteiger charge is -2.29. The Morgan fingerprint density at radius 3 is 2.50 bits per heavy atom. The third-order valence-electron chi connectivity index (χ3n) is 3.32. The van der Waals surface area contributed by atoms with E-state index in [2.05, 4.69) is 26.1 Å². The fourth-order valence-electron chi connectivity index (χ4n) is 1.63. The van der Waals surface area contributed by atoms with Gasteiger partial charge in [-0.25, -0.2) is 0 Å². The van der Waals surface area contributed by atoms with Crippen molar-refractivity contribution in [2.45, 2.75) is 39.2 Å². The Kier molecular flexibility index (Phi) is 4.27. The van der Waals surface area contributed by atoms with Gasteiger partial charge in [-0.15, -0.1) is 0 Å². The van der Waals surface area contributed by atoms with E-state index in [0.29, 0.717) is 5.69 Å². The van der Waals surface area contributed by atoms with Gasteiger partial charge < -0.3 is 5.32 Å². The van der Waals surface area contributed by atoms with Gasteiger partial charge >= 0.3 is 0 Å². The van der Waals surface area contributed by atoms with E-state index in [1.165, 1.54) is 12.1 Å². The second kappa shape index (κ2) is 5.50. The van der Waals surface area contributed by atoms with Crippen molar-refractivity contribution in [3.8, 4) is 6.07 Å². The number of nitrogens with one attached hydrogen (secondary N) is 1. The summed E-state index contributed by atoms with van der Waals surface area (Å²) in [5, 5.41) is 23.0. The molecule has 0 aliphatic heterocycles. The number of anilines is 1. The van der Waals surface area contributed by atoms with Crippen molar-refractivity contribution in [1.29, 1.82) is 5.26 Å². The molecule has 96 valence electrons. The van der Waals surface area contributed by atoms with E-state index in [1.807, 2.05) is 6.07 Å². The normalized spacial score (nSPS) is 10.8. The Hall–Kier alpha value is -2.09. The largest absolute Gasteiger partial charge is 0.380 e. The first-order valence-corrected chi connectivity index (χ1v) is 5.92. The topological polar surface area (TPSA) is 79.0 Å². The number of nitriles is 1. The number of nitrogens with zero attached hydrogens (tertiary/aromatic N) is 2. The van der Waals surface area contributed by atoms with Crippen LogP contribution in [0.3, 0.4) is 0 Å². The van der Waals surface area contributed by atoms with E-state index >= 15 is 0 Å². The van der Waals surface area contributed by atoms with Gasteiger partial charge in [-0.3, -0.25) is 10.1 Å². The molecule has 5 nitrogen and oxygen atoms in total. The number of hydrogen-bond acceptors (Lipinski definition) is 4. The predicted molar refractivity (Wildman–Crippen MR) is 70.4 cm³/mol. The summed E-state index contributed by atoms with van der Waals surface area (Å²) in [5.41, 5.74) is 0.506. The zero-order valence-electron chi connectivity index (χ0n) is 10.9. The Morgan fingerprint density at radius 1 is 1.44 bits per heavy atom. The molecule has 0 spiro atoms. The van der Waals surface area contributed by atoms with Crippen LogP contribution in [0, 0.1) is 21.4 Å². The van der Waals surface area contributed by atoms with Crippen molar-refractivity contribution in [1.82, 2.24) is 0 Å². The Morgan fingerprint density at radius 2 is 2.06 bits per heavy atom. The maximum Gasteiger partial charge on any atom is 0.289 e. The summed E-state index contributed by atoms with van der Waals surface area (Å²) in [6.07, 6.45) is 1.83. The van der Waals surface area contributed by atoms with Gasteiger partial charge in [0.15, 0.2) is 0 Å². The maximum atomic E-state index is 10.9. The molecular weight excluding hydrogens is 230 g/mol. The van der Waals surface area contributed by atoms with Gasteiger partial charge in [-0.2, -0.15) is 5.26 Å². The second-order valence-corrected chi connectivity index (χ2v) is 4.49. The Bertz CT molecular complexity index is 487. The van der Waals surface area contributed by atoms with Gasteiger partial charge in [-0.05, 0) is 31.9 Å². The van der Waals surface area contributed by atoms with Crippen LogP contribution in [0.4, 0.5) is 11.4 Å². The summed E-state index contributed by atoms with van der Waals surface area (Å²) >= 11 is 0. The van der Waals surface area contributed by atoms with Crippen LogP contribution in [0.5, 0.6) is 0 Å². The molecule has 0 heterocycles. The summed E-state index contributed by atoms with van der Waals surface area (Å²) in [7, 11) is 0. The average Bonchev–Trinajstić information content (AvgIpc) is 2.38. The molecule has 1 aromatic carbocycles. The summed E-state index contributed by atoms with van der Waals surface area (Å²) in [6, 6.07) is 6.43. The molecule has 0 fully saturated rings. The summed E-state index contributed by atoms with van der Waals surface area (Å²) in [4.78, 5) is 10.3. The fraction of sp³-hybridized carbons (Fsp3) is 0.462. The first-order chi connectivity index (χ1) is 8.45. The molecule has 1 aromatic rings. The lowest BCUT2D eigenvalue weighted by atomic mass is 9.95. The van der Waals surface area contributed by atoms with Gasteiger partial charge in [0, 0.05) is 17.3 Å². The van der Waals surface area contributed by atoms with Crippen LogP contribution in [-0.4, -0.2) is 10.5 Å². The van der Waals surface area contributed by atoms with Gasteiger partial charge in [0.25, 0.3) is 5.69 Å². The minimum absolute atomic E-state index is 0.0836. The van der Waals surface area contributed by atoms with Crippen LogP contribution in [0.1, 0.15) is 39.2 Å². The molecule has 0 unspecified atom stereocenters. The van der Waals surface area contributed by atoms with Crippen molar-refractivity contribution >= 4 is 11.4 Å². The highest BCUT2D eigenvalue weighted by molar-refractivity contribution is 5.59. The van der Waals surface area contributed by atoms with Crippen LogP contribution >= 0.6 is 0 Å². The third-order valence-corrected chi connectivity index (χ3v) is 3.32. The van der Waals surface area contributed by atoms with Crippen molar-refractivity contribution < 1.29 is 4.92 Å². The van der Waals surface area contributed by atoms with Gasteiger partial charge in [0.1, 0.15) is 11.6 Å². The van der Waals surface area contributed by atoms with Gasteiger partial charge in [0.2, 0.25) is 0 Å². The number of nitro benzene ring substituents is 1. The molecule has 0 radical (unpaired) electrons. The standard InChI is InChI=1S/C13H17N3O2/c1-4-13(3,5-2)15-11-7-6-10(9-14)12(8-11)16(17)18/h6-8,15H,4-5H2,1-3H3. The fourth-order valence-corrected chi connectivity index (χ4v) is 1.63. The Labute approximate surface area is 107 Å². The molecule has 0 aliphatic carbocycles. The van der Waals surface area contributed by atoms with Crippen molar-refractivity contribution in [3.63, 3.8) is 0 Å². The summed E-state index contributed by atoms with van der Waals surface area (Å²) in [5.74, 6) is 0. The van der Waals surface area contributed by atoms with Crippen LogP contribution in [0.25, 0.3) is 0 Å². The highest BCUT2D eigenvalue weighted by atomic mass is 16.6. The van der Waals surface area contributed by atoms with Crippen LogP contribution in [0.15, 0.2) is 18.2 Å². The lowest BCUT2D eigenvalue weighted by Crippen LogP contribution is -2.32. The minimum atomic E-state index is -0.529. The number of nitro groups is 1. The maximum absolute atomic E-state index is 10.9. The highest BCUT2D eigenvalue weighted by Gasteiger charge is 2.21. The monoisotopic (exact) mass is 247 g/mol. The van der Waals surface area contributed by atoms with E-state index in [9.17, 15) is 10.1 Å². The smallest absolute Gasteiger partial charge is 0.289 e. The molecular formula is C13H17N3O2. The van der Waals surface area contributed by atoms with Crippen LogP contribution in [-0.2, 0) is 0 Å². The van der Waals surface area contributed by atoms with Gasteiger partial charge in [-0.1, -0.05) is 13.8 Å². The molecule has 0 amide bonds. The second-order valence-electron chi connectivity index (χ2n) is 4.49. The first kappa shape index (κ1) is 14.0. The van der Waals surface area contributed by atoms with Crippen molar-refractivity contribution in [2.24, 2.45) is 0 Å². The quantitative estimate of drug-likeness (QED) is 0.638. The highest BCUT2D eigenvalue weighted by Crippen LogP contribution is 2.27. The van der Waals surface area contributed by atoms with E-state index in [-0.39, 0.29) is 16.8 Å². The molecule has 0 saturated carbocycles. The van der Waals surface area contributed by atoms with E-state index in [4.69, 9.17) is 5.26 Å². The van der Waals surface area contributed by atoms with E-state index in [1.54, 1.807) is 6.07 Å². The number of rotatable bonds is 5. The molecule has 1 rings (SSSR count). The van der Waals surface area contributed by atoms with Crippen LogP contribution < -0.4 is 5.32 Å². The molecule has 5 heteroatoms. The zero-order valence-corrected chi connectivity index (χ0v) is 10.9. The molecule has 18 heavy (non-hydrogen) atoms. The van der Waals surface area contributed by atoms with Gasteiger partial charge in [0.05, 0.1) is 4.92 Å². The number of benzene rings is 1. The Balaban J connectivity index is 3.10. The van der Waals surface area contributed by atoms with Crippen molar-refractivity contribution in [3.05, 3.63) is 33.9 Å². The lowest BCUT2D eigenvalue weighted by molar-refractivity contribution is -0.385. The van der Waals surface area contributed by atoms with Crippen LogP contribution in [0.2, 0.25) is 0 Å². The molecule has 0 bridgehead atoms. The molecule has 0 aliphatic rings. The molecule has 0 aromatic heterocycles. The minimum Gasteiger partial charge on any atom is -0.380 e. The molecule has 0 saturated heterocycles. The van der Waals surface area contributed by atoms with Crippen molar-refractivity contribution in [2.75, 3.05) is 5.32 Å². The van der Waals surface area contributed by atoms with E-state index in [0.717, 1.165) is 12.8 Å². The molecule has 0 atom stereocenters. The summed E-state index contributed by atoms with van der Waals surface area (Å²) in [6.45, 7) is 6.19. The summed E-state index contributed by atoms with van der Waals surface area (Å²) < 4.78 is 0. The predicted octanol–water partition coefficient (Wildman–Crippen LogP) is 3.46.